The van der Waals surface area contributed by atoms with Gasteiger partial charge in [-0.25, -0.2) is 9.37 Å². The molecular weight excluding hydrogens is 239 g/mol. The maximum absolute atomic E-state index is 13.1. The third-order valence-corrected chi connectivity index (χ3v) is 3.44. The van der Waals surface area contributed by atoms with Crippen LogP contribution in [0.3, 0.4) is 0 Å². The van der Waals surface area contributed by atoms with E-state index in [4.69, 9.17) is 0 Å². The number of hydrogen-bond acceptors (Lipinski definition) is 1. The zero-order valence-corrected chi connectivity index (χ0v) is 11.0. The molecule has 0 radical (unpaired) electrons. The highest BCUT2D eigenvalue weighted by molar-refractivity contribution is 5.75. The summed E-state index contributed by atoms with van der Waals surface area (Å²) in [4.78, 5) is 7.65. The number of aromatic amines is 1. The highest BCUT2D eigenvalue weighted by atomic mass is 19.1. The van der Waals surface area contributed by atoms with Crippen LogP contribution in [0.15, 0.2) is 36.4 Å². The molecule has 2 nitrogen and oxygen atoms in total. The lowest BCUT2D eigenvalue weighted by Crippen LogP contribution is -1.92. The average molecular weight is 254 g/mol. The van der Waals surface area contributed by atoms with Crippen molar-refractivity contribution < 1.29 is 4.39 Å². The van der Waals surface area contributed by atoms with Crippen molar-refractivity contribution in [3.63, 3.8) is 0 Å². The van der Waals surface area contributed by atoms with Gasteiger partial charge in [0.25, 0.3) is 0 Å². The predicted molar refractivity (Wildman–Crippen MR) is 74.8 cm³/mol. The van der Waals surface area contributed by atoms with Crippen molar-refractivity contribution >= 4 is 11.0 Å². The topological polar surface area (TPSA) is 28.7 Å². The molecule has 3 aromatic rings. The number of H-pyrrole nitrogens is 1. The van der Waals surface area contributed by atoms with E-state index < -0.39 is 0 Å². The molecule has 0 saturated carbocycles. The van der Waals surface area contributed by atoms with Crippen LogP contribution < -0.4 is 0 Å². The van der Waals surface area contributed by atoms with Gasteiger partial charge in [-0.2, -0.15) is 0 Å². The van der Waals surface area contributed by atoms with E-state index in [1.165, 1.54) is 28.8 Å². The first kappa shape index (κ1) is 11.9. The molecule has 0 fully saturated rings. The van der Waals surface area contributed by atoms with Crippen molar-refractivity contribution in [1.29, 1.82) is 0 Å². The highest BCUT2D eigenvalue weighted by Crippen LogP contribution is 2.16. The quantitative estimate of drug-likeness (QED) is 0.738. The van der Waals surface area contributed by atoms with E-state index in [2.05, 4.69) is 42.0 Å². The molecule has 3 heteroatoms. The Bertz CT molecular complexity index is 744. The molecule has 0 amide bonds. The summed E-state index contributed by atoms with van der Waals surface area (Å²) in [5, 5.41) is 0. The van der Waals surface area contributed by atoms with Crippen LogP contribution in [0, 0.1) is 19.7 Å². The van der Waals surface area contributed by atoms with Gasteiger partial charge in [-0.1, -0.05) is 18.2 Å². The van der Waals surface area contributed by atoms with E-state index in [0.717, 1.165) is 23.3 Å². The molecule has 3 rings (SSSR count). The Hall–Kier alpha value is -2.16. The third kappa shape index (κ3) is 2.36. The molecule has 0 atom stereocenters. The number of rotatable bonds is 2. The first-order valence-electron chi connectivity index (χ1n) is 6.32. The van der Waals surface area contributed by atoms with Crippen molar-refractivity contribution in [3.8, 4) is 0 Å². The van der Waals surface area contributed by atoms with E-state index in [0.29, 0.717) is 0 Å². The number of halogens is 1. The lowest BCUT2D eigenvalue weighted by Gasteiger charge is -2.03. The minimum absolute atomic E-state index is 0.242. The summed E-state index contributed by atoms with van der Waals surface area (Å²) in [7, 11) is 0. The molecule has 0 saturated heterocycles. The van der Waals surface area contributed by atoms with Gasteiger partial charge in [0.05, 0.1) is 11.0 Å². The molecule has 0 aliphatic heterocycles. The second-order valence-electron chi connectivity index (χ2n) is 4.94. The van der Waals surface area contributed by atoms with Crippen LogP contribution in [0.1, 0.15) is 22.5 Å². The fraction of sp³-hybridized carbons (Fsp3) is 0.188. The predicted octanol–water partition coefficient (Wildman–Crippen LogP) is 3.91. The Labute approximate surface area is 111 Å². The molecule has 2 aromatic carbocycles. The molecule has 1 heterocycles. The zero-order valence-electron chi connectivity index (χ0n) is 11.0. The van der Waals surface area contributed by atoms with Crippen LogP contribution in [-0.4, -0.2) is 9.97 Å². The van der Waals surface area contributed by atoms with Crippen molar-refractivity contribution in [3.05, 3.63) is 64.7 Å². The fourth-order valence-electron chi connectivity index (χ4n) is 2.23. The van der Waals surface area contributed by atoms with E-state index in [1.54, 1.807) is 6.07 Å². The van der Waals surface area contributed by atoms with Crippen LogP contribution >= 0.6 is 0 Å². The second kappa shape index (κ2) is 4.50. The van der Waals surface area contributed by atoms with Gasteiger partial charge in [-0.3, -0.25) is 0 Å². The van der Waals surface area contributed by atoms with Gasteiger partial charge in [0.2, 0.25) is 0 Å². The van der Waals surface area contributed by atoms with Gasteiger partial charge in [0, 0.05) is 6.42 Å². The van der Waals surface area contributed by atoms with Gasteiger partial charge in [0.15, 0.2) is 0 Å². The van der Waals surface area contributed by atoms with Crippen LogP contribution in [-0.2, 0) is 6.42 Å². The van der Waals surface area contributed by atoms with Crippen LogP contribution in [0.2, 0.25) is 0 Å². The normalized spacial score (nSPS) is 11.1. The summed E-state index contributed by atoms with van der Waals surface area (Å²) in [6, 6.07) is 11.0. The van der Waals surface area contributed by atoms with Crippen LogP contribution in [0.5, 0.6) is 0 Å². The monoisotopic (exact) mass is 254 g/mol. The van der Waals surface area contributed by atoms with E-state index in [9.17, 15) is 4.39 Å². The number of nitrogens with zero attached hydrogens (tertiary/aromatic N) is 1. The Balaban J connectivity index is 1.94. The summed E-state index contributed by atoms with van der Waals surface area (Å²) in [6.45, 7) is 4.20. The maximum atomic E-state index is 13.1. The Morgan fingerprint density at radius 2 is 1.89 bits per heavy atom. The first-order valence-corrected chi connectivity index (χ1v) is 6.32. The number of hydrogen-bond donors (Lipinski definition) is 1. The van der Waals surface area contributed by atoms with Crippen molar-refractivity contribution in [1.82, 2.24) is 9.97 Å². The molecule has 96 valence electrons. The second-order valence-corrected chi connectivity index (χ2v) is 4.94. The Kier molecular flexibility index (Phi) is 2.82. The fourth-order valence-corrected chi connectivity index (χ4v) is 2.23. The number of aryl methyl sites for hydroxylation is 2. The Morgan fingerprint density at radius 3 is 2.68 bits per heavy atom. The van der Waals surface area contributed by atoms with Crippen molar-refractivity contribution in [2.45, 2.75) is 20.3 Å². The first-order chi connectivity index (χ1) is 9.11. The van der Waals surface area contributed by atoms with Crippen LogP contribution in [0.25, 0.3) is 11.0 Å². The van der Waals surface area contributed by atoms with Gasteiger partial charge in [0.1, 0.15) is 11.6 Å². The van der Waals surface area contributed by atoms with E-state index in [1.807, 2.05) is 0 Å². The summed E-state index contributed by atoms with van der Waals surface area (Å²) in [6.07, 6.45) is 0.734. The van der Waals surface area contributed by atoms with Gasteiger partial charge in [-0.05, 0) is 48.7 Å². The summed E-state index contributed by atoms with van der Waals surface area (Å²) < 4.78 is 13.1. The van der Waals surface area contributed by atoms with E-state index >= 15 is 0 Å². The molecule has 1 N–H and O–H groups in total. The minimum Gasteiger partial charge on any atom is -0.342 e. The summed E-state index contributed by atoms with van der Waals surface area (Å²) >= 11 is 0. The molecule has 0 bridgehead atoms. The van der Waals surface area contributed by atoms with Crippen molar-refractivity contribution in [2.24, 2.45) is 0 Å². The maximum Gasteiger partial charge on any atom is 0.125 e. The van der Waals surface area contributed by atoms with Crippen molar-refractivity contribution in [2.75, 3.05) is 0 Å². The summed E-state index contributed by atoms with van der Waals surface area (Å²) in [5.41, 5.74) is 5.33. The van der Waals surface area contributed by atoms with Gasteiger partial charge in [-0.15, -0.1) is 0 Å². The lowest BCUT2D eigenvalue weighted by atomic mass is 10.0. The third-order valence-electron chi connectivity index (χ3n) is 3.44. The molecule has 0 aliphatic rings. The standard InChI is InChI=1S/C16H15FN2/c1-10-3-4-12(7-11(10)2)8-16-18-14-6-5-13(17)9-15(14)19-16/h3-7,9H,8H2,1-2H3,(H,18,19). The minimum atomic E-state index is -0.242. The SMILES string of the molecule is Cc1ccc(Cc2nc3ccc(F)cc3[nH]2)cc1C. The van der Waals surface area contributed by atoms with Crippen LogP contribution in [0.4, 0.5) is 4.39 Å². The number of fused-ring (bicyclic) bond motifs is 1. The number of aromatic nitrogens is 2. The van der Waals surface area contributed by atoms with E-state index in [-0.39, 0.29) is 5.82 Å². The number of benzene rings is 2. The average Bonchev–Trinajstić information content (AvgIpc) is 2.75. The lowest BCUT2D eigenvalue weighted by molar-refractivity contribution is 0.629. The molecule has 0 spiro atoms. The number of nitrogens with one attached hydrogen (secondary N) is 1. The summed E-state index contributed by atoms with van der Waals surface area (Å²) in [5.74, 6) is 0.623. The van der Waals surface area contributed by atoms with Gasteiger partial charge < -0.3 is 4.98 Å². The Morgan fingerprint density at radius 1 is 1.05 bits per heavy atom. The molecule has 0 unspecified atom stereocenters. The molecule has 1 aromatic heterocycles. The zero-order chi connectivity index (χ0) is 13.4. The number of imidazole rings is 1. The highest BCUT2D eigenvalue weighted by Gasteiger charge is 2.05. The largest absolute Gasteiger partial charge is 0.342 e. The smallest absolute Gasteiger partial charge is 0.125 e. The molecular formula is C16H15FN2. The van der Waals surface area contributed by atoms with Gasteiger partial charge >= 0.3 is 0 Å². The molecule has 0 aliphatic carbocycles. The molecule has 19 heavy (non-hydrogen) atoms.